The van der Waals surface area contributed by atoms with Crippen LogP contribution in [0, 0.1) is 18.8 Å². The summed E-state index contributed by atoms with van der Waals surface area (Å²) in [7, 11) is 0. The predicted molar refractivity (Wildman–Crippen MR) is 77.1 cm³/mol. The van der Waals surface area contributed by atoms with Crippen LogP contribution in [0.3, 0.4) is 0 Å². The van der Waals surface area contributed by atoms with E-state index in [0.717, 1.165) is 23.3 Å². The highest BCUT2D eigenvalue weighted by atomic mass is 16.3. The maximum Gasteiger partial charge on any atom is 0.107 e. The van der Waals surface area contributed by atoms with Gasteiger partial charge in [0.1, 0.15) is 5.82 Å². The second-order valence-electron chi connectivity index (χ2n) is 6.13. The Kier molecular flexibility index (Phi) is 3.09. The average molecular weight is 258 g/mol. The van der Waals surface area contributed by atoms with Crippen molar-refractivity contribution in [2.45, 2.75) is 45.8 Å². The number of aliphatic hydroxyl groups excluding tert-OH is 1. The van der Waals surface area contributed by atoms with E-state index in [1.54, 1.807) is 0 Å². The average Bonchev–Trinajstić information content (AvgIpc) is 2.65. The van der Waals surface area contributed by atoms with Crippen LogP contribution in [0.1, 0.15) is 38.6 Å². The number of rotatable bonds is 1. The van der Waals surface area contributed by atoms with Crippen LogP contribution in [0.2, 0.25) is 0 Å². The summed E-state index contributed by atoms with van der Waals surface area (Å²) in [6.07, 6.45) is 1.80. The zero-order chi connectivity index (χ0) is 13.6. The lowest BCUT2D eigenvalue weighted by atomic mass is 9.77. The number of benzene rings is 1. The highest BCUT2D eigenvalue weighted by Gasteiger charge is 2.35. The highest BCUT2D eigenvalue weighted by molar-refractivity contribution is 5.76. The molecule has 3 heteroatoms. The molecule has 1 aromatic heterocycles. The largest absolute Gasteiger partial charge is 0.391 e. The molecule has 0 aliphatic heterocycles. The van der Waals surface area contributed by atoms with Crippen LogP contribution < -0.4 is 0 Å². The van der Waals surface area contributed by atoms with E-state index in [9.17, 15) is 5.11 Å². The van der Waals surface area contributed by atoms with Gasteiger partial charge in [-0.3, -0.25) is 0 Å². The van der Waals surface area contributed by atoms with Gasteiger partial charge >= 0.3 is 0 Å². The molecule has 0 saturated heterocycles. The molecule has 3 nitrogen and oxygen atoms in total. The Balaban J connectivity index is 2.10. The zero-order valence-corrected chi connectivity index (χ0v) is 11.9. The summed E-state index contributed by atoms with van der Waals surface area (Å²) < 4.78 is 2.25. The van der Waals surface area contributed by atoms with Crippen molar-refractivity contribution in [2.75, 3.05) is 0 Å². The minimum Gasteiger partial charge on any atom is -0.391 e. The molecule has 2 aromatic rings. The SMILES string of the molecule is Cc1nc2ccccc2n1C1C(C)CC(C)CC1O. The van der Waals surface area contributed by atoms with Crippen LogP contribution in [0.5, 0.6) is 0 Å². The Labute approximate surface area is 114 Å². The molecule has 1 heterocycles. The monoisotopic (exact) mass is 258 g/mol. The summed E-state index contributed by atoms with van der Waals surface area (Å²) in [6.45, 7) is 6.52. The molecule has 4 atom stereocenters. The van der Waals surface area contributed by atoms with Crippen molar-refractivity contribution in [2.24, 2.45) is 11.8 Å². The number of hydrogen-bond acceptors (Lipinski definition) is 2. The van der Waals surface area contributed by atoms with E-state index in [1.807, 2.05) is 25.1 Å². The van der Waals surface area contributed by atoms with Crippen LogP contribution in [0.15, 0.2) is 24.3 Å². The standard InChI is InChI=1S/C16H22N2O/c1-10-8-11(2)16(15(19)9-10)18-12(3)17-13-6-4-5-7-14(13)18/h4-7,10-11,15-16,19H,8-9H2,1-3H3. The first-order valence-corrected chi connectivity index (χ1v) is 7.19. The Morgan fingerprint density at radius 2 is 1.95 bits per heavy atom. The molecule has 0 bridgehead atoms. The van der Waals surface area contributed by atoms with Crippen LogP contribution in [0.4, 0.5) is 0 Å². The summed E-state index contributed by atoms with van der Waals surface area (Å²) in [5.74, 6) is 2.10. The molecule has 1 fully saturated rings. The van der Waals surface area contributed by atoms with Crippen molar-refractivity contribution in [1.82, 2.24) is 9.55 Å². The lowest BCUT2D eigenvalue weighted by Gasteiger charge is -2.38. The topological polar surface area (TPSA) is 38.0 Å². The van der Waals surface area contributed by atoms with E-state index in [1.165, 1.54) is 6.42 Å². The second kappa shape index (κ2) is 4.64. The van der Waals surface area contributed by atoms with Crippen molar-refractivity contribution in [1.29, 1.82) is 0 Å². The van der Waals surface area contributed by atoms with Crippen LogP contribution >= 0.6 is 0 Å². The molecular formula is C16H22N2O. The Hall–Kier alpha value is -1.35. The fourth-order valence-electron chi connectivity index (χ4n) is 3.77. The Morgan fingerprint density at radius 1 is 1.21 bits per heavy atom. The van der Waals surface area contributed by atoms with Crippen LogP contribution in [-0.4, -0.2) is 20.8 Å². The number of para-hydroxylation sites is 2. The van der Waals surface area contributed by atoms with Gasteiger partial charge in [-0.1, -0.05) is 26.0 Å². The number of fused-ring (bicyclic) bond motifs is 1. The molecule has 0 spiro atoms. The molecule has 4 unspecified atom stereocenters. The third kappa shape index (κ3) is 2.06. The van der Waals surface area contributed by atoms with Gasteiger partial charge in [0.15, 0.2) is 0 Å². The van der Waals surface area contributed by atoms with Crippen molar-refractivity contribution < 1.29 is 5.11 Å². The third-order valence-corrected chi connectivity index (χ3v) is 4.47. The molecule has 3 rings (SSSR count). The van der Waals surface area contributed by atoms with Crippen molar-refractivity contribution in [3.05, 3.63) is 30.1 Å². The number of aliphatic hydroxyl groups is 1. The van der Waals surface area contributed by atoms with E-state index in [2.05, 4.69) is 29.5 Å². The molecule has 19 heavy (non-hydrogen) atoms. The second-order valence-corrected chi connectivity index (χ2v) is 6.13. The predicted octanol–water partition coefficient (Wildman–Crippen LogP) is 3.31. The van der Waals surface area contributed by atoms with Crippen molar-refractivity contribution >= 4 is 11.0 Å². The number of imidazole rings is 1. The minimum atomic E-state index is -0.268. The van der Waals surface area contributed by atoms with Gasteiger partial charge in [0, 0.05) is 0 Å². The summed E-state index contributed by atoms with van der Waals surface area (Å²) in [6, 6.07) is 8.36. The number of nitrogens with zero attached hydrogens (tertiary/aromatic N) is 2. The summed E-state index contributed by atoms with van der Waals surface area (Å²) in [5.41, 5.74) is 2.17. The lowest BCUT2D eigenvalue weighted by Crippen LogP contribution is -2.36. The molecule has 1 N–H and O–H groups in total. The van der Waals surface area contributed by atoms with Crippen LogP contribution in [0.25, 0.3) is 11.0 Å². The van der Waals surface area contributed by atoms with E-state index in [-0.39, 0.29) is 12.1 Å². The quantitative estimate of drug-likeness (QED) is 0.852. The van der Waals surface area contributed by atoms with Gasteiger partial charge in [0.2, 0.25) is 0 Å². The maximum absolute atomic E-state index is 10.5. The Bertz CT molecular complexity index is 577. The van der Waals surface area contributed by atoms with Gasteiger partial charge in [0.25, 0.3) is 0 Å². The fraction of sp³-hybridized carbons (Fsp3) is 0.562. The number of hydrogen-bond donors (Lipinski definition) is 1. The van der Waals surface area contributed by atoms with Gasteiger partial charge in [0.05, 0.1) is 23.2 Å². The normalized spacial score (nSPS) is 31.8. The Morgan fingerprint density at radius 3 is 2.68 bits per heavy atom. The summed E-state index contributed by atoms with van der Waals surface area (Å²) >= 11 is 0. The van der Waals surface area contributed by atoms with Crippen LogP contribution in [-0.2, 0) is 0 Å². The molecule has 1 aromatic carbocycles. The first kappa shape index (κ1) is 12.7. The van der Waals surface area contributed by atoms with E-state index in [4.69, 9.17) is 0 Å². The molecular weight excluding hydrogens is 236 g/mol. The van der Waals surface area contributed by atoms with Gasteiger partial charge in [-0.05, 0) is 43.7 Å². The smallest absolute Gasteiger partial charge is 0.107 e. The van der Waals surface area contributed by atoms with E-state index in [0.29, 0.717) is 11.8 Å². The van der Waals surface area contributed by atoms with E-state index >= 15 is 0 Å². The zero-order valence-electron chi connectivity index (χ0n) is 11.9. The summed E-state index contributed by atoms with van der Waals surface area (Å²) in [4.78, 5) is 4.63. The lowest BCUT2D eigenvalue weighted by molar-refractivity contribution is 0.0243. The summed E-state index contributed by atoms with van der Waals surface area (Å²) in [5, 5.41) is 10.5. The third-order valence-electron chi connectivity index (χ3n) is 4.47. The maximum atomic E-state index is 10.5. The van der Waals surface area contributed by atoms with Gasteiger partial charge in [-0.2, -0.15) is 0 Å². The number of aryl methyl sites for hydroxylation is 1. The molecule has 0 amide bonds. The van der Waals surface area contributed by atoms with Crippen molar-refractivity contribution in [3.63, 3.8) is 0 Å². The molecule has 0 radical (unpaired) electrons. The fourth-order valence-corrected chi connectivity index (χ4v) is 3.77. The number of aromatic nitrogens is 2. The van der Waals surface area contributed by atoms with E-state index < -0.39 is 0 Å². The van der Waals surface area contributed by atoms with Gasteiger partial charge < -0.3 is 9.67 Å². The first-order chi connectivity index (χ1) is 9.08. The van der Waals surface area contributed by atoms with Gasteiger partial charge in [-0.15, -0.1) is 0 Å². The molecule has 1 aliphatic rings. The first-order valence-electron chi connectivity index (χ1n) is 7.19. The molecule has 1 saturated carbocycles. The molecule has 102 valence electrons. The molecule has 1 aliphatic carbocycles. The highest BCUT2D eigenvalue weighted by Crippen LogP contribution is 2.39. The van der Waals surface area contributed by atoms with Gasteiger partial charge in [-0.25, -0.2) is 4.98 Å². The minimum absolute atomic E-state index is 0.156. The van der Waals surface area contributed by atoms with Crippen molar-refractivity contribution in [3.8, 4) is 0 Å².